The number of hydrogen-bond donors (Lipinski definition) is 1. The lowest BCUT2D eigenvalue weighted by atomic mass is 10.1. The maximum absolute atomic E-state index is 11.1. The summed E-state index contributed by atoms with van der Waals surface area (Å²) in [5, 5.41) is 3.52. The average molecular weight is 286 g/mol. The predicted molar refractivity (Wildman–Crippen MR) is 80.1 cm³/mol. The standard InChI is InChI=1S/C14H26N2O2S/c1-4-8-15-14(5-2)13-7-10-16(12-13)9-6-11-19(3,17)18/h7,10,12,14-15H,4-6,8-9,11H2,1-3H3. The van der Waals surface area contributed by atoms with Crippen LogP contribution in [0, 0.1) is 0 Å². The van der Waals surface area contributed by atoms with Crippen LogP contribution in [0.15, 0.2) is 18.5 Å². The predicted octanol–water partition coefficient (Wildman–Crippen LogP) is 2.37. The van der Waals surface area contributed by atoms with Crippen molar-refractivity contribution in [2.75, 3.05) is 18.6 Å². The summed E-state index contributed by atoms with van der Waals surface area (Å²) in [5.41, 5.74) is 1.29. The topological polar surface area (TPSA) is 51.1 Å². The number of nitrogens with one attached hydrogen (secondary N) is 1. The minimum absolute atomic E-state index is 0.256. The highest BCUT2D eigenvalue weighted by Gasteiger charge is 2.09. The zero-order valence-electron chi connectivity index (χ0n) is 12.2. The van der Waals surface area contributed by atoms with Gasteiger partial charge < -0.3 is 9.88 Å². The number of hydrogen-bond acceptors (Lipinski definition) is 3. The Morgan fingerprint density at radius 1 is 1.37 bits per heavy atom. The molecule has 1 unspecified atom stereocenters. The molecule has 0 amide bonds. The summed E-state index contributed by atoms with van der Waals surface area (Å²) < 4.78 is 24.2. The number of sulfone groups is 1. The van der Waals surface area contributed by atoms with E-state index in [1.165, 1.54) is 11.8 Å². The molecule has 4 nitrogen and oxygen atoms in total. The van der Waals surface area contributed by atoms with E-state index in [1.54, 1.807) is 0 Å². The zero-order chi connectivity index (χ0) is 14.3. The second-order valence-electron chi connectivity index (χ2n) is 5.08. The summed E-state index contributed by atoms with van der Waals surface area (Å²) in [5.74, 6) is 0.256. The third kappa shape index (κ3) is 6.25. The summed E-state index contributed by atoms with van der Waals surface area (Å²) >= 11 is 0. The molecular formula is C14H26N2O2S. The first kappa shape index (κ1) is 16.2. The molecule has 1 heterocycles. The minimum atomic E-state index is -2.85. The summed E-state index contributed by atoms with van der Waals surface area (Å²) in [6.45, 7) is 6.12. The van der Waals surface area contributed by atoms with Crippen LogP contribution >= 0.6 is 0 Å². The van der Waals surface area contributed by atoms with Gasteiger partial charge in [-0.05, 0) is 37.4 Å². The zero-order valence-corrected chi connectivity index (χ0v) is 13.0. The van der Waals surface area contributed by atoms with E-state index in [-0.39, 0.29) is 5.75 Å². The molecule has 19 heavy (non-hydrogen) atoms. The van der Waals surface area contributed by atoms with E-state index in [9.17, 15) is 8.42 Å². The molecule has 1 rings (SSSR count). The van der Waals surface area contributed by atoms with Gasteiger partial charge in [-0.1, -0.05) is 13.8 Å². The molecule has 0 aliphatic heterocycles. The molecule has 0 bridgehead atoms. The van der Waals surface area contributed by atoms with Crippen LogP contribution in [0.3, 0.4) is 0 Å². The van der Waals surface area contributed by atoms with Crippen LogP contribution in [-0.2, 0) is 16.4 Å². The van der Waals surface area contributed by atoms with Gasteiger partial charge in [0.25, 0.3) is 0 Å². The van der Waals surface area contributed by atoms with Crippen LogP contribution in [0.5, 0.6) is 0 Å². The van der Waals surface area contributed by atoms with Gasteiger partial charge in [-0.2, -0.15) is 0 Å². The molecule has 1 aromatic rings. The van der Waals surface area contributed by atoms with Crippen LogP contribution in [0.1, 0.15) is 44.7 Å². The van der Waals surface area contributed by atoms with Crippen molar-refractivity contribution in [2.24, 2.45) is 0 Å². The molecule has 0 aromatic carbocycles. The normalized spacial score (nSPS) is 13.6. The highest BCUT2D eigenvalue weighted by atomic mass is 32.2. The van der Waals surface area contributed by atoms with Gasteiger partial charge >= 0.3 is 0 Å². The molecule has 0 fully saturated rings. The molecule has 0 radical (unpaired) electrons. The quantitative estimate of drug-likeness (QED) is 0.758. The van der Waals surface area contributed by atoms with E-state index >= 15 is 0 Å². The first-order valence-corrected chi connectivity index (χ1v) is 9.09. The highest BCUT2D eigenvalue weighted by molar-refractivity contribution is 7.90. The van der Waals surface area contributed by atoms with Crippen molar-refractivity contribution >= 4 is 9.84 Å². The first-order chi connectivity index (χ1) is 8.96. The second-order valence-corrected chi connectivity index (χ2v) is 7.34. The molecule has 0 spiro atoms. The van der Waals surface area contributed by atoms with Crippen LogP contribution in [-0.4, -0.2) is 31.5 Å². The number of rotatable bonds is 9. The van der Waals surface area contributed by atoms with Gasteiger partial charge in [0.1, 0.15) is 9.84 Å². The lowest BCUT2D eigenvalue weighted by Gasteiger charge is -2.15. The molecule has 5 heteroatoms. The van der Waals surface area contributed by atoms with Gasteiger partial charge in [-0.25, -0.2) is 8.42 Å². The van der Waals surface area contributed by atoms with E-state index < -0.39 is 9.84 Å². The second kappa shape index (κ2) is 7.70. The summed E-state index contributed by atoms with van der Waals surface area (Å²) in [6.07, 6.45) is 8.31. The van der Waals surface area contributed by atoms with Crippen LogP contribution < -0.4 is 5.32 Å². The van der Waals surface area contributed by atoms with Gasteiger partial charge in [-0.3, -0.25) is 0 Å². The average Bonchev–Trinajstić information content (AvgIpc) is 2.77. The Morgan fingerprint density at radius 3 is 2.68 bits per heavy atom. The monoisotopic (exact) mass is 286 g/mol. The Labute approximate surface area is 117 Å². The van der Waals surface area contributed by atoms with E-state index in [1.807, 2.05) is 6.20 Å². The van der Waals surface area contributed by atoms with Crippen LogP contribution in [0.4, 0.5) is 0 Å². The Bertz CT molecular complexity index is 466. The molecule has 0 saturated heterocycles. The Hall–Kier alpha value is -0.810. The summed E-state index contributed by atoms with van der Waals surface area (Å²) in [6, 6.07) is 2.52. The largest absolute Gasteiger partial charge is 0.354 e. The number of aromatic nitrogens is 1. The lowest BCUT2D eigenvalue weighted by Crippen LogP contribution is -2.21. The van der Waals surface area contributed by atoms with Gasteiger partial charge in [-0.15, -0.1) is 0 Å². The Balaban J connectivity index is 2.51. The maximum Gasteiger partial charge on any atom is 0.147 e. The Morgan fingerprint density at radius 2 is 2.11 bits per heavy atom. The molecular weight excluding hydrogens is 260 g/mol. The molecule has 0 aliphatic rings. The number of aryl methyl sites for hydroxylation is 1. The molecule has 1 N–H and O–H groups in total. The fourth-order valence-electron chi connectivity index (χ4n) is 2.13. The van der Waals surface area contributed by atoms with Crippen LogP contribution in [0.25, 0.3) is 0 Å². The van der Waals surface area contributed by atoms with Crippen molar-refractivity contribution < 1.29 is 8.42 Å². The van der Waals surface area contributed by atoms with Crippen molar-refractivity contribution in [3.8, 4) is 0 Å². The number of nitrogens with zero attached hydrogens (tertiary/aromatic N) is 1. The van der Waals surface area contributed by atoms with Gasteiger partial charge in [0.15, 0.2) is 0 Å². The summed E-state index contributed by atoms with van der Waals surface area (Å²) in [4.78, 5) is 0. The van der Waals surface area contributed by atoms with E-state index in [0.29, 0.717) is 12.5 Å². The lowest BCUT2D eigenvalue weighted by molar-refractivity contribution is 0.517. The van der Waals surface area contributed by atoms with E-state index in [0.717, 1.165) is 25.9 Å². The molecule has 0 saturated carbocycles. The molecule has 1 aromatic heterocycles. The summed E-state index contributed by atoms with van der Waals surface area (Å²) in [7, 11) is -2.85. The van der Waals surface area contributed by atoms with Crippen molar-refractivity contribution in [1.82, 2.24) is 9.88 Å². The minimum Gasteiger partial charge on any atom is -0.354 e. The van der Waals surface area contributed by atoms with Crippen LogP contribution in [0.2, 0.25) is 0 Å². The smallest absolute Gasteiger partial charge is 0.147 e. The molecule has 0 aliphatic carbocycles. The van der Waals surface area contributed by atoms with Crippen molar-refractivity contribution in [3.63, 3.8) is 0 Å². The van der Waals surface area contributed by atoms with Gasteiger partial charge in [0.2, 0.25) is 0 Å². The van der Waals surface area contributed by atoms with Crippen molar-refractivity contribution in [3.05, 3.63) is 24.0 Å². The SMILES string of the molecule is CCCNC(CC)c1ccn(CCCS(C)(=O)=O)c1. The third-order valence-corrected chi connectivity index (χ3v) is 4.19. The van der Waals surface area contributed by atoms with E-state index in [4.69, 9.17) is 0 Å². The van der Waals surface area contributed by atoms with Crippen molar-refractivity contribution in [1.29, 1.82) is 0 Å². The Kier molecular flexibility index (Phi) is 6.58. The molecule has 1 atom stereocenters. The maximum atomic E-state index is 11.1. The fourth-order valence-corrected chi connectivity index (χ4v) is 2.78. The third-order valence-electron chi connectivity index (χ3n) is 3.16. The molecule has 110 valence electrons. The van der Waals surface area contributed by atoms with E-state index in [2.05, 4.69) is 36.0 Å². The fraction of sp³-hybridized carbons (Fsp3) is 0.714. The van der Waals surface area contributed by atoms with Gasteiger partial charge in [0, 0.05) is 31.2 Å². The van der Waals surface area contributed by atoms with Crippen molar-refractivity contribution in [2.45, 2.75) is 45.7 Å². The highest BCUT2D eigenvalue weighted by Crippen LogP contribution is 2.17. The first-order valence-electron chi connectivity index (χ1n) is 7.03. The van der Waals surface area contributed by atoms with Gasteiger partial charge in [0.05, 0.1) is 5.75 Å².